The van der Waals surface area contributed by atoms with Gasteiger partial charge in [-0.2, -0.15) is 0 Å². The molecule has 1 N–H and O–H groups in total. The van der Waals surface area contributed by atoms with Crippen LogP contribution in [0.4, 0.5) is 0 Å². The van der Waals surface area contributed by atoms with Gasteiger partial charge in [-0.25, -0.2) is 0 Å². The van der Waals surface area contributed by atoms with Crippen molar-refractivity contribution in [3.05, 3.63) is 0 Å². The number of nitrogens with zero attached hydrogens (tertiary/aromatic N) is 1. The summed E-state index contributed by atoms with van der Waals surface area (Å²) in [6, 6.07) is 1.40. The first-order valence-corrected chi connectivity index (χ1v) is 8.24. The number of nitrogens with one attached hydrogen (secondary N) is 1. The molecule has 0 aromatic carbocycles. The Morgan fingerprint density at radius 2 is 2.00 bits per heavy atom. The molecule has 2 aliphatic rings. The van der Waals surface area contributed by atoms with Crippen molar-refractivity contribution in [2.24, 2.45) is 11.8 Å². The molecule has 4 heteroatoms. The summed E-state index contributed by atoms with van der Waals surface area (Å²) in [5, 5.41) is 3.77. The molecule has 0 radical (unpaired) electrons. The first-order valence-electron chi connectivity index (χ1n) is 8.24. The summed E-state index contributed by atoms with van der Waals surface area (Å²) < 4.78 is 10.7. The maximum Gasteiger partial charge on any atom is 0.0700 e. The van der Waals surface area contributed by atoms with Crippen LogP contribution >= 0.6 is 0 Å². The lowest BCUT2D eigenvalue weighted by atomic mass is 9.98. The lowest BCUT2D eigenvalue weighted by molar-refractivity contribution is 0.0341. The van der Waals surface area contributed by atoms with Crippen LogP contribution in [0.3, 0.4) is 0 Å². The van der Waals surface area contributed by atoms with Gasteiger partial charge in [0.15, 0.2) is 0 Å². The van der Waals surface area contributed by atoms with E-state index in [0.29, 0.717) is 19.3 Å². The Bertz CT molecular complexity index is 269. The van der Waals surface area contributed by atoms with E-state index < -0.39 is 0 Å². The van der Waals surface area contributed by atoms with E-state index in [1.165, 1.54) is 25.8 Å². The number of rotatable bonds is 9. The maximum atomic E-state index is 5.65. The number of hydrogen-bond donors (Lipinski definition) is 1. The second-order valence-corrected chi connectivity index (χ2v) is 6.74. The summed E-state index contributed by atoms with van der Waals surface area (Å²) in [5.41, 5.74) is 0. The van der Waals surface area contributed by atoms with Crippen LogP contribution in [0.2, 0.25) is 0 Å². The van der Waals surface area contributed by atoms with Crippen molar-refractivity contribution in [1.82, 2.24) is 10.2 Å². The Balaban J connectivity index is 1.74. The third-order valence-electron chi connectivity index (χ3n) is 4.45. The Hall–Kier alpha value is -0.160. The molecule has 1 aliphatic carbocycles. The van der Waals surface area contributed by atoms with Crippen molar-refractivity contribution in [3.8, 4) is 0 Å². The molecule has 2 unspecified atom stereocenters. The maximum absolute atomic E-state index is 5.65. The summed E-state index contributed by atoms with van der Waals surface area (Å²) in [7, 11) is 1.72. The molecule has 4 nitrogen and oxygen atoms in total. The molecule has 0 bridgehead atoms. The summed E-state index contributed by atoms with van der Waals surface area (Å²) in [4.78, 5) is 2.66. The van der Waals surface area contributed by atoms with E-state index in [9.17, 15) is 0 Å². The molecule has 0 aromatic rings. The second-order valence-electron chi connectivity index (χ2n) is 6.74. The zero-order chi connectivity index (χ0) is 14.4. The molecule has 2 fully saturated rings. The average Bonchev–Trinajstić information content (AvgIpc) is 3.24. The van der Waals surface area contributed by atoms with Gasteiger partial charge in [0.2, 0.25) is 0 Å². The highest BCUT2D eigenvalue weighted by Crippen LogP contribution is 2.34. The highest BCUT2D eigenvalue weighted by Gasteiger charge is 2.36. The second kappa shape index (κ2) is 8.32. The van der Waals surface area contributed by atoms with E-state index in [1.807, 2.05) is 0 Å². The van der Waals surface area contributed by atoms with Crippen molar-refractivity contribution in [2.45, 2.75) is 45.2 Å². The van der Waals surface area contributed by atoms with E-state index in [-0.39, 0.29) is 0 Å². The van der Waals surface area contributed by atoms with E-state index in [1.54, 1.807) is 7.11 Å². The average molecular weight is 284 g/mol. The zero-order valence-corrected chi connectivity index (χ0v) is 13.4. The van der Waals surface area contributed by atoms with Gasteiger partial charge in [0.25, 0.3) is 0 Å². The molecule has 0 aromatic heterocycles. The van der Waals surface area contributed by atoms with Gasteiger partial charge in [0, 0.05) is 38.8 Å². The van der Waals surface area contributed by atoms with Crippen LogP contribution in [-0.4, -0.2) is 63.5 Å². The predicted octanol–water partition coefficient (Wildman–Crippen LogP) is 1.75. The Morgan fingerprint density at radius 1 is 1.20 bits per heavy atom. The molecular weight excluding hydrogens is 252 g/mol. The number of ether oxygens (including phenoxy) is 2. The molecule has 0 amide bonds. The molecule has 2 rings (SSSR count). The normalized spacial score (nSPS) is 28.2. The van der Waals surface area contributed by atoms with Crippen molar-refractivity contribution in [2.75, 3.05) is 46.6 Å². The van der Waals surface area contributed by atoms with Gasteiger partial charge in [-0.15, -0.1) is 0 Å². The molecule has 118 valence electrons. The van der Waals surface area contributed by atoms with Crippen LogP contribution in [0, 0.1) is 11.8 Å². The van der Waals surface area contributed by atoms with Gasteiger partial charge in [-0.1, -0.05) is 13.8 Å². The van der Waals surface area contributed by atoms with E-state index in [0.717, 1.165) is 37.6 Å². The topological polar surface area (TPSA) is 33.7 Å². The predicted molar refractivity (Wildman–Crippen MR) is 82.0 cm³/mol. The zero-order valence-electron chi connectivity index (χ0n) is 13.4. The van der Waals surface area contributed by atoms with Crippen molar-refractivity contribution >= 4 is 0 Å². The summed E-state index contributed by atoms with van der Waals surface area (Å²) in [6.45, 7) is 10.3. The number of piperazine rings is 1. The van der Waals surface area contributed by atoms with E-state index >= 15 is 0 Å². The first-order chi connectivity index (χ1) is 9.70. The molecule has 1 heterocycles. The monoisotopic (exact) mass is 284 g/mol. The highest BCUT2D eigenvalue weighted by molar-refractivity contribution is 4.94. The summed E-state index contributed by atoms with van der Waals surface area (Å²) in [6.07, 6.45) is 4.12. The van der Waals surface area contributed by atoms with Crippen LogP contribution in [0.25, 0.3) is 0 Å². The number of methoxy groups -OCH3 is 1. The Morgan fingerprint density at radius 3 is 2.65 bits per heavy atom. The fourth-order valence-electron chi connectivity index (χ4n) is 3.17. The van der Waals surface area contributed by atoms with Gasteiger partial charge in [0.1, 0.15) is 0 Å². The van der Waals surface area contributed by atoms with E-state index in [2.05, 4.69) is 24.1 Å². The lowest BCUT2D eigenvalue weighted by Crippen LogP contribution is -2.58. The van der Waals surface area contributed by atoms with Crippen molar-refractivity contribution < 1.29 is 9.47 Å². The standard InChI is InChI=1S/C16H32N2O2/c1-13(2)10-15-11-17-16(14-4-5-14)12-18(15)6-7-20-9-8-19-3/h13-17H,4-12H2,1-3H3. The minimum Gasteiger partial charge on any atom is -0.382 e. The largest absolute Gasteiger partial charge is 0.382 e. The third kappa shape index (κ3) is 5.32. The van der Waals surface area contributed by atoms with Gasteiger partial charge in [-0.3, -0.25) is 4.90 Å². The quantitative estimate of drug-likeness (QED) is 0.654. The van der Waals surface area contributed by atoms with E-state index in [4.69, 9.17) is 9.47 Å². The molecule has 2 atom stereocenters. The fourth-order valence-corrected chi connectivity index (χ4v) is 3.17. The van der Waals surface area contributed by atoms with Gasteiger partial charge >= 0.3 is 0 Å². The molecule has 0 spiro atoms. The highest BCUT2D eigenvalue weighted by atomic mass is 16.5. The Labute approximate surface area is 124 Å². The molecule has 1 saturated heterocycles. The third-order valence-corrected chi connectivity index (χ3v) is 4.45. The van der Waals surface area contributed by atoms with Crippen LogP contribution in [0.1, 0.15) is 33.1 Å². The number of hydrogen-bond acceptors (Lipinski definition) is 4. The summed E-state index contributed by atoms with van der Waals surface area (Å²) >= 11 is 0. The van der Waals surface area contributed by atoms with Crippen molar-refractivity contribution in [1.29, 1.82) is 0 Å². The SMILES string of the molecule is COCCOCCN1CC(C2CC2)NCC1CC(C)C. The fraction of sp³-hybridized carbons (Fsp3) is 1.00. The van der Waals surface area contributed by atoms with Crippen LogP contribution in [0.5, 0.6) is 0 Å². The Kier molecular flexibility index (Phi) is 6.75. The van der Waals surface area contributed by atoms with Gasteiger partial charge < -0.3 is 14.8 Å². The van der Waals surface area contributed by atoms with Crippen LogP contribution in [-0.2, 0) is 9.47 Å². The minimum absolute atomic E-state index is 0.677. The molecular formula is C16H32N2O2. The van der Waals surface area contributed by atoms with Crippen molar-refractivity contribution in [3.63, 3.8) is 0 Å². The lowest BCUT2D eigenvalue weighted by Gasteiger charge is -2.41. The molecule has 1 saturated carbocycles. The summed E-state index contributed by atoms with van der Waals surface area (Å²) in [5.74, 6) is 1.70. The molecule has 1 aliphatic heterocycles. The van der Waals surface area contributed by atoms with Gasteiger partial charge in [0.05, 0.1) is 19.8 Å². The van der Waals surface area contributed by atoms with Gasteiger partial charge in [-0.05, 0) is 31.1 Å². The first kappa shape index (κ1) is 16.2. The smallest absolute Gasteiger partial charge is 0.0700 e. The van der Waals surface area contributed by atoms with Crippen LogP contribution in [0.15, 0.2) is 0 Å². The van der Waals surface area contributed by atoms with Crippen LogP contribution < -0.4 is 5.32 Å². The minimum atomic E-state index is 0.677. The molecule has 20 heavy (non-hydrogen) atoms.